The highest BCUT2D eigenvalue weighted by atomic mass is 16.6. The molecule has 5 heteroatoms. The zero-order valence-corrected chi connectivity index (χ0v) is 6.65. The van der Waals surface area contributed by atoms with E-state index in [1.807, 2.05) is 0 Å². The third-order valence-corrected chi connectivity index (χ3v) is 1.41. The Hall–Kier alpha value is -1.39. The molecule has 4 nitrogen and oxygen atoms in total. The summed E-state index contributed by atoms with van der Waals surface area (Å²) in [4.78, 5) is 13.4. The Labute approximate surface area is 71.2 Å². The molecule has 1 rings (SSSR count). The molecule has 0 atom stereocenters. The number of nitrogens with zero attached hydrogens (tertiary/aromatic N) is 2. The Morgan fingerprint density at radius 3 is 3.00 bits per heavy atom. The average molecular weight is 162 g/mol. The van der Waals surface area contributed by atoms with E-state index in [4.69, 9.17) is 7.85 Å². The molecule has 0 fully saturated rings. The summed E-state index contributed by atoms with van der Waals surface area (Å²) in [6.07, 6.45) is 3.29. The highest BCUT2D eigenvalue weighted by Crippen LogP contribution is 2.11. The van der Waals surface area contributed by atoms with E-state index in [1.54, 1.807) is 6.92 Å². The molecule has 0 spiro atoms. The lowest BCUT2D eigenvalue weighted by atomic mass is 9.91. The van der Waals surface area contributed by atoms with Gasteiger partial charge in [-0.05, 0) is 23.3 Å². The molecule has 1 aliphatic rings. The summed E-state index contributed by atoms with van der Waals surface area (Å²) in [5.41, 5.74) is 1.39. The van der Waals surface area contributed by atoms with Crippen molar-refractivity contribution in [3.05, 3.63) is 33.4 Å². The lowest BCUT2D eigenvalue weighted by molar-refractivity contribution is -0.348. The number of allylic oxidation sites excluding steroid dienone is 2. The third-order valence-electron chi connectivity index (χ3n) is 1.41. The molecule has 0 bridgehead atoms. The number of aliphatic imine (C=N–C) groups is 1. The summed E-state index contributed by atoms with van der Waals surface area (Å²) in [6, 6.07) is 0. The number of amidine groups is 1. The van der Waals surface area contributed by atoms with Crippen molar-refractivity contribution in [2.75, 3.05) is 0 Å². The topological polar surface area (TPSA) is 55.5 Å². The van der Waals surface area contributed by atoms with E-state index >= 15 is 0 Å². The molecule has 0 aromatic rings. The van der Waals surface area contributed by atoms with Crippen LogP contribution >= 0.6 is 0 Å². The van der Waals surface area contributed by atoms with Gasteiger partial charge in [0.2, 0.25) is 0 Å². The van der Waals surface area contributed by atoms with E-state index < -0.39 is 4.92 Å². The van der Waals surface area contributed by atoms with Crippen LogP contribution in [-0.4, -0.2) is 18.6 Å². The van der Waals surface area contributed by atoms with Crippen molar-refractivity contribution in [3.8, 4) is 0 Å². The number of rotatable bonds is 0. The molecule has 0 aromatic carbocycles. The quantitative estimate of drug-likeness (QED) is 0.303. The molecule has 60 valence electrons. The predicted octanol–water partition coefficient (Wildman–Crippen LogP) is 1.02. The van der Waals surface area contributed by atoms with Crippen molar-refractivity contribution >= 4 is 13.7 Å². The van der Waals surface area contributed by atoms with Gasteiger partial charge in [-0.15, -0.1) is 0 Å². The van der Waals surface area contributed by atoms with Crippen molar-refractivity contribution in [2.45, 2.75) is 13.3 Å². The van der Waals surface area contributed by atoms with Crippen molar-refractivity contribution in [2.24, 2.45) is 4.99 Å². The van der Waals surface area contributed by atoms with E-state index in [2.05, 4.69) is 4.99 Å². The molecule has 0 aliphatic carbocycles. The zero-order valence-electron chi connectivity index (χ0n) is 6.65. The molecule has 12 heavy (non-hydrogen) atoms. The molecular weight excluding hydrogens is 155 g/mol. The smallest absolute Gasteiger partial charge is 0.358 e. The van der Waals surface area contributed by atoms with Crippen LogP contribution in [0.4, 0.5) is 0 Å². The maximum Gasteiger partial charge on any atom is 0.363 e. The van der Waals surface area contributed by atoms with E-state index in [9.17, 15) is 10.1 Å². The van der Waals surface area contributed by atoms with Gasteiger partial charge in [-0.2, -0.15) is 0 Å². The molecule has 0 saturated carbocycles. The fraction of sp³-hybridized carbons (Fsp3) is 0.286. The average Bonchev–Trinajstić information content (AvgIpc) is 2.11. The Kier molecular flexibility index (Phi) is 2.42. The minimum atomic E-state index is -0.529. The normalized spacial score (nSPS) is 17.2. The summed E-state index contributed by atoms with van der Waals surface area (Å²) in [6.45, 7) is 1.78. The molecule has 0 aromatic heterocycles. The largest absolute Gasteiger partial charge is 0.363 e. The highest BCUT2D eigenvalue weighted by molar-refractivity contribution is 6.22. The van der Waals surface area contributed by atoms with E-state index in [0.717, 1.165) is 5.57 Å². The Balaban J connectivity index is 3.01. The van der Waals surface area contributed by atoms with E-state index in [-0.39, 0.29) is 5.84 Å². The number of hydrogen-bond acceptors (Lipinski definition) is 3. The van der Waals surface area contributed by atoms with Crippen LogP contribution < -0.4 is 0 Å². The molecule has 0 saturated heterocycles. The Morgan fingerprint density at radius 1 is 1.75 bits per heavy atom. The summed E-state index contributed by atoms with van der Waals surface area (Å²) >= 11 is 0. The van der Waals surface area contributed by atoms with Crippen LogP contribution in [-0.2, 0) is 0 Å². The van der Waals surface area contributed by atoms with Gasteiger partial charge in [0.1, 0.15) is 14.0 Å². The number of nitro groups is 1. The van der Waals surface area contributed by atoms with Crippen LogP contribution in [0, 0.1) is 10.1 Å². The van der Waals surface area contributed by atoms with Crippen LogP contribution in [0.1, 0.15) is 13.3 Å². The summed E-state index contributed by atoms with van der Waals surface area (Å²) in [5.74, 6) is -0.159. The second-order valence-electron chi connectivity index (χ2n) is 2.62. The first-order chi connectivity index (χ1) is 5.59. The molecule has 1 heterocycles. The summed E-state index contributed by atoms with van der Waals surface area (Å²) in [7, 11) is 5.48. The van der Waals surface area contributed by atoms with Crippen molar-refractivity contribution < 1.29 is 4.92 Å². The van der Waals surface area contributed by atoms with E-state index in [1.165, 1.54) is 12.3 Å². The van der Waals surface area contributed by atoms with Crippen molar-refractivity contribution in [1.29, 1.82) is 0 Å². The summed E-state index contributed by atoms with van der Waals surface area (Å²) < 4.78 is 0. The van der Waals surface area contributed by atoms with Gasteiger partial charge in [0.05, 0.1) is 0 Å². The van der Waals surface area contributed by atoms with Gasteiger partial charge in [-0.1, -0.05) is 11.0 Å². The van der Waals surface area contributed by atoms with Crippen LogP contribution in [0.15, 0.2) is 28.3 Å². The molecule has 0 amide bonds. The predicted molar refractivity (Wildman–Crippen MR) is 46.6 cm³/mol. The zero-order chi connectivity index (χ0) is 9.14. The van der Waals surface area contributed by atoms with Gasteiger partial charge in [0.25, 0.3) is 0 Å². The minimum Gasteiger partial charge on any atom is -0.358 e. The summed E-state index contributed by atoms with van der Waals surface area (Å²) in [5, 5.41) is 10.3. The molecular formula is C7H7BN2O2. The maximum atomic E-state index is 10.3. The van der Waals surface area contributed by atoms with Gasteiger partial charge < -0.3 is 10.1 Å². The lowest BCUT2D eigenvalue weighted by Crippen LogP contribution is -2.07. The Bertz CT molecular complexity index is 305. The van der Waals surface area contributed by atoms with Gasteiger partial charge in [0, 0.05) is 6.08 Å². The first-order valence-corrected chi connectivity index (χ1v) is 3.43. The fourth-order valence-corrected chi connectivity index (χ4v) is 0.925. The van der Waals surface area contributed by atoms with Crippen LogP contribution in [0.2, 0.25) is 0 Å². The van der Waals surface area contributed by atoms with Gasteiger partial charge in [-0.3, -0.25) is 0 Å². The lowest BCUT2D eigenvalue weighted by Gasteiger charge is -1.95. The number of hydrogen-bond donors (Lipinski definition) is 0. The van der Waals surface area contributed by atoms with Crippen LogP contribution in [0.25, 0.3) is 0 Å². The second kappa shape index (κ2) is 3.34. The van der Waals surface area contributed by atoms with Crippen molar-refractivity contribution in [3.63, 3.8) is 0 Å². The SMILES string of the molecule is [B]C1=CN=C([N+](=O)[O-])C=C(C)C1. The van der Waals surface area contributed by atoms with Crippen molar-refractivity contribution in [1.82, 2.24) is 0 Å². The van der Waals surface area contributed by atoms with Crippen LogP contribution in [0.3, 0.4) is 0 Å². The molecule has 0 N–H and O–H groups in total. The molecule has 0 unspecified atom stereocenters. The standard InChI is InChI=1S/C7H7BN2O2/c1-5-2-6(8)4-9-7(3-5)10(11)12/h3-4H,2H2,1H3. The van der Waals surface area contributed by atoms with E-state index in [0.29, 0.717) is 11.9 Å². The minimum absolute atomic E-state index is 0.159. The third kappa shape index (κ3) is 2.05. The van der Waals surface area contributed by atoms with Gasteiger partial charge >= 0.3 is 5.84 Å². The van der Waals surface area contributed by atoms with Gasteiger partial charge in [-0.25, -0.2) is 0 Å². The van der Waals surface area contributed by atoms with Crippen LogP contribution in [0.5, 0.6) is 0 Å². The Morgan fingerprint density at radius 2 is 2.42 bits per heavy atom. The maximum absolute atomic E-state index is 10.3. The monoisotopic (exact) mass is 162 g/mol. The second-order valence-corrected chi connectivity index (χ2v) is 2.62. The molecule has 2 radical (unpaired) electrons. The fourth-order valence-electron chi connectivity index (χ4n) is 0.925. The first kappa shape index (κ1) is 8.71. The highest BCUT2D eigenvalue weighted by Gasteiger charge is 2.10. The van der Waals surface area contributed by atoms with Gasteiger partial charge in [0.15, 0.2) is 0 Å². The first-order valence-electron chi connectivity index (χ1n) is 3.43. The molecule has 1 aliphatic heterocycles.